The Labute approximate surface area is 303 Å². The normalized spacial score (nSPS) is 14.1. The summed E-state index contributed by atoms with van der Waals surface area (Å²) in [6.07, 6.45) is 31.8. The zero-order valence-electron chi connectivity index (χ0n) is 31.3. The van der Waals surface area contributed by atoms with Gasteiger partial charge in [0.2, 0.25) is 0 Å². The van der Waals surface area contributed by atoms with Crippen molar-refractivity contribution in [1.82, 2.24) is 0 Å². The first-order chi connectivity index (χ1) is 24.1. The summed E-state index contributed by atoms with van der Waals surface area (Å²) in [5.74, 6) is -1.17. The Morgan fingerprint density at radius 1 is 0.600 bits per heavy atom. The number of aliphatic hydroxyl groups is 2. The second-order valence-corrected chi connectivity index (χ2v) is 14.5. The number of carbonyl (C=O) groups is 2. The Hall–Kier alpha value is -1.81. The Morgan fingerprint density at radius 3 is 1.68 bits per heavy atom. The molecule has 0 radical (unpaired) electrons. The van der Waals surface area contributed by atoms with Crippen LogP contribution in [-0.4, -0.2) is 63.5 Å². The number of phosphoric ester groups is 1. The van der Waals surface area contributed by atoms with Gasteiger partial charge >= 0.3 is 19.8 Å². The van der Waals surface area contributed by atoms with Crippen LogP contribution in [0.2, 0.25) is 0 Å². The van der Waals surface area contributed by atoms with Crippen LogP contribution in [0, 0.1) is 0 Å². The maximum absolute atomic E-state index is 12.4. The summed E-state index contributed by atoms with van der Waals surface area (Å²) in [5.41, 5.74) is 0. The summed E-state index contributed by atoms with van der Waals surface area (Å²) >= 11 is 0. The highest BCUT2D eigenvalue weighted by molar-refractivity contribution is 7.46. The van der Waals surface area contributed by atoms with E-state index in [4.69, 9.17) is 19.3 Å². The molecule has 0 fully saturated rings. The molecule has 0 aromatic carbocycles. The van der Waals surface area contributed by atoms with Crippen molar-refractivity contribution in [1.29, 1.82) is 0 Å². The first-order valence-corrected chi connectivity index (χ1v) is 21.0. The number of rotatable bonds is 35. The Bertz CT molecular complexity index is 945. The van der Waals surface area contributed by atoms with Crippen LogP contribution in [0.25, 0.3) is 0 Å². The quantitative estimate of drug-likeness (QED) is 0.0214. The minimum absolute atomic E-state index is 0.100. The molecule has 0 spiro atoms. The summed E-state index contributed by atoms with van der Waals surface area (Å²) < 4.78 is 26.1. The average Bonchev–Trinajstić information content (AvgIpc) is 3.07. The molecule has 0 aliphatic heterocycles. The lowest BCUT2D eigenvalue weighted by Gasteiger charge is -2.19. The number of esters is 2. The number of hydrogen-bond donors (Lipinski definition) is 4. The maximum Gasteiger partial charge on any atom is 0.469 e. The Morgan fingerprint density at radius 2 is 1.10 bits per heavy atom. The monoisotopic (exact) mass is 730 g/mol. The number of ether oxygens (including phenoxy) is 2. The van der Waals surface area contributed by atoms with Crippen LogP contribution < -0.4 is 0 Å². The van der Waals surface area contributed by atoms with Crippen LogP contribution in [0.15, 0.2) is 36.5 Å². The van der Waals surface area contributed by atoms with Gasteiger partial charge in [0.25, 0.3) is 0 Å². The lowest BCUT2D eigenvalue weighted by Crippen LogP contribution is -2.30. The highest BCUT2D eigenvalue weighted by Crippen LogP contribution is 2.36. The van der Waals surface area contributed by atoms with Gasteiger partial charge < -0.3 is 29.5 Å². The van der Waals surface area contributed by atoms with E-state index in [9.17, 15) is 24.4 Å². The fourth-order valence-electron chi connectivity index (χ4n) is 5.30. The highest BCUT2D eigenvalue weighted by Gasteiger charge is 2.23. The maximum atomic E-state index is 12.4. The van der Waals surface area contributed by atoms with Gasteiger partial charge in [0.1, 0.15) is 6.61 Å². The molecule has 0 aromatic heterocycles. The van der Waals surface area contributed by atoms with Crippen LogP contribution in [0.4, 0.5) is 0 Å². The molecule has 0 saturated heterocycles. The molecule has 11 heteroatoms. The van der Waals surface area contributed by atoms with Gasteiger partial charge in [0.15, 0.2) is 6.10 Å². The highest BCUT2D eigenvalue weighted by atomic mass is 31.2. The molecule has 0 saturated carbocycles. The second kappa shape index (κ2) is 34.3. The van der Waals surface area contributed by atoms with Crippen LogP contribution in [0.1, 0.15) is 168 Å². The summed E-state index contributed by atoms with van der Waals surface area (Å²) in [4.78, 5) is 42.8. The molecule has 0 aliphatic carbocycles. The third-order valence-corrected chi connectivity index (χ3v) is 8.85. The molecule has 0 rings (SSSR count). The number of carbonyl (C=O) groups excluding carboxylic acids is 2. The fourth-order valence-corrected chi connectivity index (χ4v) is 5.66. The van der Waals surface area contributed by atoms with E-state index in [-0.39, 0.29) is 38.7 Å². The Balaban J connectivity index is 4.22. The van der Waals surface area contributed by atoms with Gasteiger partial charge in [-0.05, 0) is 51.4 Å². The molecule has 0 amide bonds. The molecule has 10 nitrogen and oxygen atoms in total. The van der Waals surface area contributed by atoms with E-state index in [0.717, 1.165) is 38.5 Å². The summed E-state index contributed by atoms with van der Waals surface area (Å²) in [7, 11) is -4.83. The van der Waals surface area contributed by atoms with Gasteiger partial charge in [-0.15, -0.1) is 0 Å². The summed E-state index contributed by atoms with van der Waals surface area (Å²) in [5, 5.41) is 20.5. The van der Waals surface area contributed by atoms with Crippen LogP contribution in [0.3, 0.4) is 0 Å². The SMILES string of the molecule is CCCCC/C=C\C/C=C\C/C=C\CC(O)C(O)CCCC(=O)O[C@H](COC(=O)CCCCCCCCCCCCCCC)COP(=O)(O)O. The van der Waals surface area contributed by atoms with Crippen molar-refractivity contribution < 1.29 is 48.2 Å². The lowest BCUT2D eigenvalue weighted by molar-refractivity contribution is -0.161. The van der Waals surface area contributed by atoms with Gasteiger partial charge in [-0.3, -0.25) is 14.1 Å². The number of aliphatic hydroxyl groups excluding tert-OH is 2. The third kappa shape index (κ3) is 34.6. The third-order valence-electron chi connectivity index (χ3n) is 8.36. The molecule has 0 bridgehead atoms. The molecular weight excluding hydrogens is 659 g/mol. The molecule has 0 aromatic rings. The first kappa shape index (κ1) is 48.2. The van der Waals surface area contributed by atoms with Gasteiger partial charge in [-0.25, -0.2) is 4.57 Å². The molecule has 292 valence electrons. The van der Waals surface area contributed by atoms with Crippen molar-refractivity contribution >= 4 is 19.8 Å². The minimum Gasteiger partial charge on any atom is -0.462 e. The van der Waals surface area contributed by atoms with Gasteiger partial charge in [0.05, 0.1) is 18.8 Å². The first-order valence-electron chi connectivity index (χ1n) is 19.4. The second-order valence-electron chi connectivity index (χ2n) is 13.2. The van der Waals surface area contributed by atoms with E-state index in [1.165, 1.54) is 77.0 Å². The number of phosphoric acid groups is 1. The van der Waals surface area contributed by atoms with Crippen molar-refractivity contribution in [2.45, 2.75) is 186 Å². The van der Waals surface area contributed by atoms with Gasteiger partial charge in [-0.2, -0.15) is 0 Å². The van der Waals surface area contributed by atoms with Crippen molar-refractivity contribution in [2.75, 3.05) is 13.2 Å². The topological polar surface area (TPSA) is 160 Å². The summed E-state index contributed by atoms with van der Waals surface area (Å²) in [6.45, 7) is 3.40. The van der Waals surface area contributed by atoms with E-state index in [1.807, 2.05) is 12.2 Å². The predicted octanol–water partition coefficient (Wildman–Crippen LogP) is 9.34. The van der Waals surface area contributed by atoms with E-state index in [1.54, 1.807) is 0 Å². The lowest BCUT2D eigenvalue weighted by atomic mass is 10.0. The smallest absolute Gasteiger partial charge is 0.462 e. The van der Waals surface area contributed by atoms with Crippen molar-refractivity contribution in [2.24, 2.45) is 0 Å². The van der Waals surface area contributed by atoms with Gasteiger partial charge in [-0.1, -0.05) is 140 Å². The van der Waals surface area contributed by atoms with Crippen molar-refractivity contribution in [3.63, 3.8) is 0 Å². The largest absolute Gasteiger partial charge is 0.469 e. The molecule has 2 unspecified atom stereocenters. The van der Waals surface area contributed by atoms with Crippen molar-refractivity contribution in [3.8, 4) is 0 Å². The molecular formula is C39H71O10P. The van der Waals surface area contributed by atoms with Gasteiger partial charge in [0, 0.05) is 12.8 Å². The molecule has 50 heavy (non-hydrogen) atoms. The average molecular weight is 731 g/mol. The number of hydrogen-bond acceptors (Lipinski definition) is 8. The molecule has 4 N–H and O–H groups in total. The number of unbranched alkanes of at least 4 members (excludes halogenated alkanes) is 15. The Kier molecular flexibility index (Phi) is 33.0. The van der Waals surface area contributed by atoms with Crippen molar-refractivity contribution in [3.05, 3.63) is 36.5 Å². The van der Waals surface area contributed by atoms with E-state index in [2.05, 4.69) is 42.7 Å². The van der Waals surface area contributed by atoms with E-state index < -0.39 is 44.7 Å². The molecule has 3 atom stereocenters. The zero-order chi connectivity index (χ0) is 37.1. The predicted molar refractivity (Wildman–Crippen MR) is 200 cm³/mol. The standard InChI is InChI=1S/C39H71O10P/c1-3-5-7-9-11-13-15-17-19-21-23-25-27-31-38(42)47-33-35(34-48-50(44,45)46)49-39(43)32-28-30-37(41)36(40)29-26-24-22-20-18-16-14-12-10-8-6-4-2/h12,14,18,20,24,26,35-37,40-41H,3-11,13,15-17,19,21-23,25,27-34H2,1-2H3,(H2,44,45,46)/b14-12-,20-18-,26-24-/t35-,36?,37?/m1/s1. The zero-order valence-corrected chi connectivity index (χ0v) is 32.2. The molecule has 0 aliphatic rings. The summed E-state index contributed by atoms with van der Waals surface area (Å²) in [6, 6.07) is 0. The van der Waals surface area contributed by atoms with Crippen LogP contribution >= 0.6 is 7.82 Å². The molecule has 0 heterocycles. The van der Waals surface area contributed by atoms with Crippen LogP contribution in [0.5, 0.6) is 0 Å². The van der Waals surface area contributed by atoms with E-state index >= 15 is 0 Å². The minimum atomic E-state index is -4.83. The fraction of sp³-hybridized carbons (Fsp3) is 0.795. The van der Waals surface area contributed by atoms with E-state index in [0.29, 0.717) is 6.42 Å². The number of allylic oxidation sites excluding steroid dienone is 5. The van der Waals surface area contributed by atoms with Crippen LogP contribution in [-0.2, 0) is 28.2 Å².